The quantitative estimate of drug-likeness (QED) is 0.311. The molecule has 12 heteroatoms. The zero-order chi connectivity index (χ0) is 26.9. The van der Waals surface area contributed by atoms with Gasteiger partial charge in [0.1, 0.15) is 0 Å². The van der Waals surface area contributed by atoms with Gasteiger partial charge in [-0.2, -0.15) is 0 Å². The number of amides is 2. The number of likely N-dealkylation sites (N-methyl/N-ethyl adjacent to an activating group) is 2. The van der Waals surface area contributed by atoms with Crippen LogP contribution in [0.2, 0.25) is 0 Å². The molecule has 200 valence electrons. The smallest absolute Gasteiger partial charge is 0.414 e. The maximum Gasteiger partial charge on any atom is 0.414 e. The van der Waals surface area contributed by atoms with Crippen molar-refractivity contribution in [2.75, 3.05) is 64.7 Å². The molecule has 1 rings (SSSR count). The third kappa shape index (κ3) is 13.7. The number of carbonyl (C=O) groups excluding carboxylic acids is 1. The number of benzene rings is 1. The van der Waals surface area contributed by atoms with Gasteiger partial charge in [0.15, 0.2) is 9.84 Å². The van der Waals surface area contributed by atoms with Gasteiger partial charge in [0.25, 0.3) is 0 Å². The maximum atomic E-state index is 12.7. The molecule has 0 aromatic heterocycles. The topological polar surface area (TPSA) is 148 Å². The molecule has 0 fully saturated rings. The number of aliphatic carboxylic acids is 2. The van der Waals surface area contributed by atoms with Crippen molar-refractivity contribution in [2.45, 2.75) is 32.6 Å². The second-order valence-corrected chi connectivity index (χ2v) is 9.62. The molecular weight excluding hydrogens is 476 g/mol. The van der Waals surface area contributed by atoms with Crippen molar-refractivity contribution in [3.63, 3.8) is 0 Å². The molecule has 35 heavy (non-hydrogen) atoms. The van der Waals surface area contributed by atoms with Crippen molar-refractivity contribution in [1.82, 2.24) is 20.0 Å². The number of rotatable bonds is 14. The number of hydrogen-bond acceptors (Lipinski definition) is 7. The average molecular weight is 517 g/mol. The zero-order valence-electron chi connectivity index (χ0n) is 21.1. The largest absolute Gasteiger partial charge is 0.473 e. The molecule has 0 aliphatic heterocycles. The summed E-state index contributed by atoms with van der Waals surface area (Å²) in [6, 6.07) is 8.21. The summed E-state index contributed by atoms with van der Waals surface area (Å²) in [5.74, 6) is -3.73. The van der Waals surface area contributed by atoms with Gasteiger partial charge in [0.05, 0.1) is 10.6 Å². The van der Waals surface area contributed by atoms with Gasteiger partial charge in [-0.25, -0.2) is 22.8 Å². The average Bonchev–Trinajstić information content (AvgIpc) is 2.84. The summed E-state index contributed by atoms with van der Waals surface area (Å²) in [6.45, 7) is 14.8. The molecule has 0 saturated heterocycles. The molecule has 0 radical (unpaired) electrons. The number of carbonyl (C=O) groups is 3. The van der Waals surface area contributed by atoms with Crippen LogP contribution in [0.1, 0.15) is 27.7 Å². The highest BCUT2D eigenvalue weighted by Gasteiger charge is 2.20. The number of nitrogens with zero attached hydrogens (tertiary/aromatic N) is 3. The normalized spacial score (nSPS) is 11.0. The fourth-order valence-corrected chi connectivity index (χ4v) is 4.33. The van der Waals surface area contributed by atoms with E-state index >= 15 is 0 Å². The van der Waals surface area contributed by atoms with E-state index in [1.54, 1.807) is 35.2 Å². The van der Waals surface area contributed by atoms with Gasteiger partial charge in [-0.05, 0) is 38.3 Å². The predicted octanol–water partition coefficient (Wildman–Crippen LogP) is 1.31. The second kappa shape index (κ2) is 17.7. The van der Waals surface area contributed by atoms with Gasteiger partial charge in [0, 0.05) is 32.7 Å². The number of nitrogens with one attached hydrogen (secondary N) is 1. The molecule has 1 aromatic carbocycles. The van der Waals surface area contributed by atoms with Crippen LogP contribution in [0, 0.1) is 0 Å². The standard InChI is InChI=1S/C21H38N4O3S.C2H2O4/c1-5-23(6-2)15-14-22-21(26)25(17-16-24(7-3)8-4)18-19-29(27,28)20-12-10-9-11-13-20;3-1(4)2(5)6/h9-13H,5-8,14-19H2,1-4H3,(H,22,26);(H,3,4)(H,5,6). The lowest BCUT2D eigenvalue weighted by molar-refractivity contribution is -0.159. The van der Waals surface area contributed by atoms with Crippen molar-refractivity contribution in [3.05, 3.63) is 30.3 Å². The summed E-state index contributed by atoms with van der Waals surface area (Å²) in [5.41, 5.74) is 0. The van der Waals surface area contributed by atoms with E-state index in [9.17, 15) is 13.2 Å². The molecule has 0 unspecified atom stereocenters. The Labute approximate surface area is 208 Å². The van der Waals surface area contributed by atoms with Gasteiger partial charge in [-0.15, -0.1) is 0 Å². The fourth-order valence-electron chi connectivity index (χ4n) is 3.07. The molecule has 0 saturated carbocycles. The summed E-state index contributed by atoms with van der Waals surface area (Å²) in [6.07, 6.45) is 0. The van der Waals surface area contributed by atoms with E-state index < -0.39 is 21.8 Å². The summed E-state index contributed by atoms with van der Waals surface area (Å²) in [7, 11) is -3.42. The first kappa shape index (κ1) is 32.3. The minimum Gasteiger partial charge on any atom is -0.473 e. The summed E-state index contributed by atoms with van der Waals surface area (Å²) < 4.78 is 25.2. The second-order valence-electron chi connectivity index (χ2n) is 7.51. The van der Waals surface area contributed by atoms with Crippen LogP contribution >= 0.6 is 0 Å². The van der Waals surface area contributed by atoms with Crippen LogP contribution in [0.15, 0.2) is 35.2 Å². The Bertz CT molecular complexity index is 846. The zero-order valence-corrected chi connectivity index (χ0v) is 22.0. The van der Waals surface area contributed by atoms with E-state index in [0.29, 0.717) is 18.0 Å². The summed E-state index contributed by atoms with van der Waals surface area (Å²) in [5, 5.41) is 17.7. The SMILES string of the molecule is CCN(CC)CCNC(=O)N(CCN(CC)CC)CCS(=O)(=O)c1ccccc1.O=C(O)C(=O)O. The molecule has 0 aliphatic carbocycles. The van der Waals surface area contributed by atoms with Crippen LogP contribution in [-0.4, -0.2) is 116 Å². The van der Waals surface area contributed by atoms with Crippen molar-refractivity contribution in [2.24, 2.45) is 0 Å². The van der Waals surface area contributed by atoms with Gasteiger partial charge in [0.2, 0.25) is 0 Å². The van der Waals surface area contributed by atoms with E-state index in [2.05, 4.69) is 42.8 Å². The Morgan fingerprint density at radius 1 is 0.771 bits per heavy atom. The van der Waals surface area contributed by atoms with E-state index in [1.165, 1.54) is 0 Å². The Hall–Kier alpha value is -2.70. The highest BCUT2D eigenvalue weighted by Crippen LogP contribution is 2.10. The van der Waals surface area contributed by atoms with Gasteiger partial charge < -0.3 is 30.2 Å². The summed E-state index contributed by atoms with van der Waals surface area (Å²) >= 11 is 0. The van der Waals surface area contributed by atoms with Crippen molar-refractivity contribution in [1.29, 1.82) is 0 Å². The van der Waals surface area contributed by atoms with Crippen molar-refractivity contribution < 1.29 is 33.0 Å². The lowest BCUT2D eigenvalue weighted by Gasteiger charge is -2.27. The first-order valence-corrected chi connectivity index (χ1v) is 13.4. The number of sulfone groups is 1. The highest BCUT2D eigenvalue weighted by atomic mass is 32.2. The van der Waals surface area contributed by atoms with Gasteiger partial charge >= 0.3 is 18.0 Å². The third-order valence-electron chi connectivity index (χ3n) is 5.38. The van der Waals surface area contributed by atoms with Crippen LogP contribution in [-0.2, 0) is 19.4 Å². The minimum atomic E-state index is -3.42. The molecule has 0 spiro atoms. The molecule has 0 aliphatic rings. The molecular formula is C23H40N4O7S. The van der Waals surface area contributed by atoms with Crippen LogP contribution in [0.5, 0.6) is 0 Å². The highest BCUT2D eigenvalue weighted by molar-refractivity contribution is 7.91. The maximum absolute atomic E-state index is 12.7. The first-order valence-electron chi connectivity index (χ1n) is 11.7. The van der Waals surface area contributed by atoms with Crippen molar-refractivity contribution >= 4 is 27.8 Å². The van der Waals surface area contributed by atoms with Crippen LogP contribution in [0.25, 0.3) is 0 Å². The number of hydrogen-bond donors (Lipinski definition) is 3. The van der Waals surface area contributed by atoms with Crippen LogP contribution in [0.3, 0.4) is 0 Å². The Morgan fingerprint density at radius 3 is 1.71 bits per heavy atom. The molecule has 2 amide bonds. The lowest BCUT2D eigenvalue weighted by atomic mass is 10.4. The Kier molecular flexibility index (Phi) is 16.3. The molecule has 0 bridgehead atoms. The molecule has 3 N–H and O–H groups in total. The fraction of sp³-hybridized carbons (Fsp3) is 0.609. The number of carboxylic acids is 2. The first-order chi connectivity index (χ1) is 16.5. The van der Waals surface area contributed by atoms with E-state index in [4.69, 9.17) is 19.8 Å². The lowest BCUT2D eigenvalue weighted by Crippen LogP contribution is -2.47. The Morgan fingerprint density at radius 2 is 1.26 bits per heavy atom. The van der Waals surface area contributed by atoms with E-state index in [0.717, 1.165) is 39.3 Å². The monoisotopic (exact) mass is 516 g/mol. The van der Waals surface area contributed by atoms with Crippen LogP contribution < -0.4 is 5.32 Å². The number of carboxylic acid groups (broad SMARTS) is 2. The third-order valence-corrected chi connectivity index (χ3v) is 7.09. The molecule has 1 aromatic rings. The minimum absolute atomic E-state index is 0.0846. The Balaban J connectivity index is 0.00000170. The molecule has 0 atom stereocenters. The predicted molar refractivity (Wildman–Crippen MR) is 134 cm³/mol. The molecule has 0 heterocycles. The number of urea groups is 1. The van der Waals surface area contributed by atoms with Crippen molar-refractivity contribution in [3.8, 4) is 0 Å². The van der Waals surface area contributed by atoms with Crippen LogP contribution in [0.4, 0.5) is 4.79 Å². The molecule has 11 nitrogen and oxygen atoms in total. The van der Waals surface area contributed by atoms with Gasteiger partial charge in [-0.1, -0.05) is 45.9 Å². The van der Waals surface area contributed by atoms with E-state index in [1.807, 2.05) is 0 Å². The summed E-state index contributed by atoms with van der Waals surface area (Å²) in [4.78, 5) is 37.3. The van der Waals surface area contributed by atoms with E-state index in [-0.39, 0.29) is 18.3 Å². The van der Waals surface area contributed by atoms with Gasteiger partial charge in [-0.3, -0.25) is 0 Å².